The van der Waals surface area contributed by atoms with E-state index < -0.39 is 15.8 Å². The van der Waals surface area contributed by atoms with Crippen LogP contribution in [0.4, 0.5) is 10.1 Å². The lowest BCUT2D eigenvalue weighted by molar-refractivity contribution is 0.322. The van der Waals surface area contributed by atoms with Crippen molar-refractivity contribution in [3.05, 3.63) is 24.0 Å². The van der Waals surface area contributed by atoms with E-state index in [9.17, 15) is 12.8 Å². The fraction of sp³-hybridized carbons (Fsp3) is 0.538. The van der Waals surface area contributed by atoms with Crippen molar-refractivity contribution in [3.63, 3.8) is 0 Å². The largest absolute Gasteiger partial charge is 0.399 e. The van der Waals surface area contributed by atoms with Crippen molar-refractivity contribution >= 4 is 15.7 Å². The van der Waals surface area contributed by atoms with E-state index in [1.54, 1.807) is 0 Å². The Morgan fingerprint density at radius 3 is 2.75 bits per heavy atom. The van der Waals surface area contributed by atoms with Crippen LogP contribution in [0.25, 0.3) is 0 Å². The average Bonchev–Trinajstić information content (AvgIpc) is 3.13. The van der Waals surface area contributed by atoms with Crippen LogP contribution >= 0.6 is 0 Å². The van der Waals surface area contributed by atoms with E-state index >= 15 is 0 Å². The van der Waals surface area contributed by atoms with Crippen LogP contribution in [0, 0.1) is 5.82 Å². The Kier molecular flexibility index (Phi) is 3.43. The van der Waals surface area contributed by atoms with Crippen LogP contribution < -0.4 is 10.5 Å². The number of sulfonamides is 1. The highest BCUT2D eigenvalue weighted by Crippen LogP contribution is 2.30. The molecule has 1 aromatic rings. The van der Waals surface area contributed by atoms with Gasteiger partial charge in [-0.05, 0) is 37.5 Å². The van der Waals surface area contributed by atoms with Gasteiger partial charge in [-0.25, -0.2) is 17.5 Å². The summed E-state index contributed by atoms with van der Waals surface area (Å²) in [6, 6.07) is 4.05. The summed E-state index contributed by atoms with van der Waals surface area (Å²) in [5.41, 5.74) is 5.77. The van der Waals surface area contributed by atoms with Gasteiger partial charge in [0.1, 0.15) is 10.7 Å². The molecule has 0 spiro atoms. The predicted octanol–water partition coefficient (Wildman–Crippen LogP) is 0.923. The Balaban J connectivity index is 1.73. The summed E-state index contributed by atoms with van der Waals surface area (Å²) in [5, 5.41) is 0. The van der Waals surface area contributed by atoms with Gasteiger partial charge in [0.05, 0.1) is 0 Å². The van der Waals surface area contributed by atoms with Gasteiger partial charge in [-0.3, -0.25) is 4.90 Å². The molecule has 1 aliphatic carbocycles. The summed E-state index contributed by atoms with van der Waals surface area (Å²) in [5.74, 6) is -0.774. The normalized spacial score (nSPS) is 24.1. The van der Waals surface area contributed by atoms with Crippen LogP contribution in [0.5, 0.6) is 0 Å². The molecule has 1 aliphatic heterocycles. The molecule has 0 radical (unpaired) electrons. The number of nitrogens with one attached hydrogen (secondary N) is 1. The van der Waals surface area contributed by atoms with E-state index in [1.165, 1.54) is 18.9 Å². The van der Waals surface area contributed by atoms with E-state index in [1.807, 2.05) is 0 Å². The monoisotopic (exact) mass is 299 g/mol. The number of nitrogens with zero attached hydrogens (tertiary/aromatic N) is 1. The van der Waals surface area contributed by atoms with Crippen LogP contribution in [0.1, 0.15) is 19.3 Å². The molecule has 1 saturated carbocycles. The fourth-order valence-corrected chi connectivity index (χ4v) is 4.04. The zero-order chi connectivity index (χ0) is 14.3. The van der Waals surface area contributed by atoms with Gasteiger partial charge < -0.3 is 5.73 Å². The summed E-state index contributed by atoms with van der Waals surface area (Å²) in [7, 11) is -3.86. The van der Waals surface area contributed by atoms with Gasteiger partial charge in [-0.1, -0.05) is 0 Å². The van der Waals surface area contributed by atoms with Crippen LogP contribution in [-0.2, 0) is 10.0 Å². The van der Waals surface area contributed by atoms with E-state index in [2.05, 4.69) is 9.62 Å². The third kappa shape index (κ3) is 2.79. The first-order valence-corrected chi connectivity index (χ1v) is 8.25. The molecular formula is C13H18FN3O2S. The van der Waals surface area contributed by atoms with Crippen molar-refractivity contribution in [2.75, 3.05) is 18.8 Å². The Morgan fingerprint density at radius 2 is 2.05 bits per heavy atom. The fourth-order valence-electron chi connectivity index (χ4n) is 2.66. The number of benzene rings is 1. The number of hydrogen-bond acceptors (Lipinski definition) is 4. The Morgan fingerprint density at radius 1 is 1.30 bits per heavy atom. The summed E-state index contributed by atoms with van der Waals surface area (Å²) in [4.78, 5) is 1.92. The molecule has 0 aromatic heterocycles. The van der Waals surface area contributed by atoms with Crippen molar-refractivity contribution in [1.29, 1.82) is 0 Å². The standard InChI is InChI=1S/C13H18FN3O2S/c14-12-4-1-9(15)7-13(12)20(18,19)16-10-5-6-17(8-10)11-2-3-11/h1,4,7,10-11,16H,2-3,5-6,8,15H2. The Bertz CT molecular complexity index is 616. The first-order valence-electron chi connectivity index (χ1n) is 6.77. The van der Waals surface area contributed by atoms with Crippen LogP contribution in [-0.4, -0.2) is 38.5 Å². The summed E-state index contributed by atoms with van der Waals surface area (Å²) >= 11 is 0. The lowest BCUT2D eigenvalue weighted by Gasteiger charge is -2.16. The Hall–Kier alpha value is -1.18. The molecular weight excluding hydrogens is 281 g/mol. The molecule has 20 heavy (non-hydrogen) atoms. The number of nitrogen functional groups attached to an aromatic ring is 1. The van der Waals surface area contributed by atoms with E-state index in [-0.39, 0.29) is 16.6 Å². The third-order valence-electron chi connectivity index (χ3n) is 3.85. The van der Waals surface area contributed by atoms with Gasteiger partial charge in [0.15, 0.2) is 0 Å². The molecule has 2 fully saturated rings. The topological polar surface area (TPSA) is 75.4 Å². The van der Waals surface area contributed by atoms with Gasteiger partial charge in [0.25, 0.3) is 0 Å². The van der Waals surface area contributed by atoms with Crippen molar-refractivity contribution in [1.82, 2.24) is 9.62 Å². The van der Waals surface area contributed by atoms with Crippen molar-refractivity contribution in [3.8, 4) is 0 Å². The highest BCUT2D eigenvalue weighted by Gasteiger charge is 2.36. The summed E-state index contributed by atoms with van der Waals surface area (Å²) in [6.07, 6.45) is 3.16. The minimum Gasteiger partial charge on any atom is -0.399 e. The number of nitrogens with two attached hydrogens (primary N) is 1. The van der Waals surface area contributed by atoms with Crippen LogP contribution in [0.3, 0.4) is 0 Å². The second-order valence-electron chi connectivity index (χ2n) is 5.52. The first kappa shape index (κ1) is 13.8. The number of halogens is 1. The van der Waals surface area contributed by atoms with Crippen molar-refractivity contribution in [2.24, 2.45) is 0 Å². The van der Waals surface area contributed by atoms with Crippen molar-refractivity contribution < 1.29 is 12.8 Å². The molecule has 2 aliphatic rings. The smallest absolute Gasteiger partial charge is 0.243 e. The number of anilines is 1. The minimum atomic E-state index is -3.86. The lowest BCUT2D eigenvalue weighted by Crippen LogP contribution is -2.37. The average molecular weight is 299 g/mol. The molecule has 1 heterocycles. The molecule has 1 saturated heterocycles. The number of hydrogen-bond donors (Lipinski definition) is 2. The maximum atomic E-state index is 13.7. The molecule has 5 nitrogen and oxygen atoms in total. The SMILES string of the molecule is Nc1ccc(F)c(S(=O)(=O)NC2CCN(C3CC3)C2)c1. The number of likely N-dealkylation sites (tertiary alicyclic amines) is 1. The second kappa shape index (κ2) is 4.98. The predicted molar refractivity (Wildman–Crippen MR) is 74.1 cm³/mol. The third-order valence-corrected chi connectivity index (χ3v) is 5.39. The number of rotatable bonds is 4. The molecule has 7 heteroatoms. The summed E-state index contributed by atoms with van der Waals surface area (Å²) < 4.78 is 40.7. The maximum Gasteiger partial charge on any atom is 0.243 e. The van der Waals surface area contributed by atoms with Gasteiger partial charge >= 0.3 is 0 Å². The van der Waals surface area contributed by atoms with Gasteiger partial charge in [-0.2, -0.15) is 0 Å². The zero-order valence-electron chi connectivity index (χ0n) is 11.0. The van der Waals surface area contributed by atoms with E-state index in [0.717, 1.165) is 25.1 Å². The van der Waals surface area contributed by atoms with Crippen LogP contribution in [0.15, 0.2) is 23.1 Å². The van der Waals surface area contributed by atoms with Crippen molar-refractivity contribution in [2.45, 2.75) is 36.2 Å². The van der Waals surface area contributed by atoms with Crippen LogP contribution in [0.2, 0.25) is 0 Å². The minimum absolute atomic E-state index is 0.151. The molecule has 1 aromatic carbocycles. The molecule has 0 amide bonds. The highest BCUT2D eigenvalue weighted by molar-refractivity contribution is 7.89. The molecule has 3 N–H and O–H groups in total. The van der Waals surface area contributed by atoms with E-state index in [0.29, 0.717) is 12.6 Å². The molecule has 0 bridgehead atoms. The first-order chi connectivity index (χ1) is 9.45. The van der Waals surface area contributed by atoms with Gasteiger partial charge in [0, 0.05) is 30.9 Å². The summed E-state index contributed by atoms with van der Waals surface area (Å²) in [6.45, 7) is 1.60. The van der Waals surface area contributed by atoms with Gasteiger partial charge in [-0.15, -0.1) is 0 Å². The Labute approximate surface area is 118 Å². The molecule has 110 valence electrons. The zero-order valence-corrected chi connectivity index (χ0v) is 11.9. The molecule has 1 unspecified atom stereocenters. The second-order valence-corrected chi connectivity index (χ2v) is 7.21. The lowest BCUT2D eigenvalue weighted by atomic mass is 10.3. The quantitative estimate of drug-likeness (QED) is 0.811. The van der Waals surface area contributed by atoms with Gasteiger partial charge in [0.2, 0.25) is 10.0 Å². The highest BCUT2D eigenvalue weighted by atomic mass is 32.2. The maximum absolute atomic E-state index is 13.7. The molecule has 3 rings (SSSR count). The van der Waals surface area contributed by atoms with E-state index in [4.69, 9.17) is 5.73 Å². The molecule has 1 atom stereocenters.